The summed E-state index contributed by atoms with van der Waals surface area (Å²) in [6, 6.07) is 0.321. The van der Waals surface area contributed by atoms with E-state index in [1.165, 1.54) is 0 Å². The second-order valence-corrected chi connectivity index (χ2v) is 2.64. The Balaban J connectivity index is 3.38. The molecular formula is C8H17N. The lowest BCUT2D eigenvalue weighted by Gasteiger charge is -2.11. The second kappa shape index (κ2) is 4.57. The van der Waals surface area contributed by atoms with E-state index in [4.69, 9.17) is 5.73 Å². The third-order valence-electron chi connectivity index (χ3n) is 1.64. The minimum absolute atomic E-state index is 0.321. The average Bonchev–Trinajstić information content (AvgIpc) is 1.82. The molecule has 0 saturated heterocycles. The van der Waals surface area contributed by atoms with Crippen molar-refractivity contribution < 1.29 is 0 Å². The van der Waals surface area contributed by atoms with Crippen molar-refractivity contribution in [3.05, 3.63) is 12.2 Å². The molecule has 0 aliphatic rings. The monoisotopic (exact) mass is 127 g/mol. The number of hydrogen-bond donors (Lipinski definition) is 1. The molecular weight excluding hydrogens is 110 g/mol. The van der Waals surface area contributed by atoms with Crippen molar-refractivity contribution in [2.24, 2.45) is 11.7 Å². The van der Waals surface area contributed by atoms with E-state index in [0.29, 0.717) is 12.0 Å². The molecule has 2 atom stereocenters. The van der Waals surface area contributed by atoms with Crippen molar-refractivity contribution in [1.82, 2.24) is 0 Å². The van der Waals surface area contributed by atoms with Gasteiger partial charge in [-0.25, -0.2) is 0 Å². The van der Waals surface area contributed by atoms with Crippen molar-refractivity contribution in [3.63, 3.8) is 0 Å². The minimum atomic E-state index is 0.321. The Morgan fingerprint density at radius 2 is 2.00 bits per heavy atom. The van der Waals surface area contributed by atoms with Crippen LogP contribution in [0.4, 0.5) is 0 Å². The molecule has 2 N–H and O–H groups in total. The van der Waals surface area contributed by atoms with E-state index >= 15 is 0 Å². The van der Waals surface area contributed by atoms with Crippen molar-refractivity contribution >= 4 is 0 Å². The zero-order valence-electron chi connectivity index (χ0n) is 6.59. The number of hydrogen-bond acceptors (Lipinski definition) is 1. The molecule has 0 aromatic heterocycles. The van der Waals surface area contributed by atoms with Gasteiger partial charge in [-0.2, -0.15) is 0 Å². The van der Waals surface area contributed by atoms with Crippen LogP contribution in [0.5, 0.6) is 0 Å². The summed E-state index contributed by atoms with van der Waals surface area (Å²) in [5.41, 5.74) is 5.64. The molecule has 0 aromatic rings. The number of rotatable bonds is 3. The lowest BCUT2D eigenvalue weighted by Crippen LogP contribution is -2.23. The van der Waals surface area contributed by atoms with E-state index in [2.05, 4.69) is 19.1 Å². The van der Waals surface area contributed by atoms with Crippen LogP contribution in [0, 0.1) is 5.92 Å². The molecule has 0 heterocycles. The Kier molecular flexibility index (Phi) is 4.41. The Bertz CT molecular complexity index is 84.6. The van der Waals surface area contributed by atoms with Gasteiger partial charge in [-0.05, 0) is 26.2 Å². The first kappa shape index (κ1) is 8.70. The molecule has 0 rings (SSSR count). The fourth-order valence-corrected chi connectivity index (χ4v) is 0.565. The molecule has 0 radical (unpaired) electrons. The van der Waals surface area contributed by atoms with Crippen LogP contribution in [0.2, 0.25) is 0 Å². The SMILES string of the molecule is C/C=C\CC(C)[C@@H](C)N. The first-order valence-corrected chi connectivity index (χ1v) is 3.55. The molecule has 0 aliphatic carbocycles. The van der Waals surface area contributed by atoms with E-state index in [1.54, 1.807) is 0 Å². The van der Waals surface area contributed by atoms with Crippen LogP contribution in [0.15, 0.2) is 12.2 Å². The molecule has 0 bridgehead atoms. The summed E-state index contributed by atoms with van der Waals surface area (Å²) in [6.07, 6.45) is 5.33. The lowest BCUT2D eigenvalue weighted by atomic mass is 10.0. The Labute approximate surface area is 57.9 Å². The van der Waals surface area contributed by atoms with Gasteiger partial charge in [-0.15, -0.1) is 0 Å². The van der Waals surface area contributed by atoms with Crippen LogP contribution >= 0.6 is 0 Å². The Morgan fingerprint density at radius 3 is 2.33 bits per heavy atom. The van der Waals surface area contributed by atoms with Crippen molar-refractivity contribution in [1.29, 1.82) is 0 Å². The maximum Gasteiger partial charge on any atom is 0.00390 e. The van der Waals surface area contributed by atoms with Gasteiger partial charge < -0.3 is 5.73 Å². The first-order chi connectivity index (χ1) is 4.18. The summed E-state index contributed by atoms with van der Waals surface area (Å²) in [7, 11) is 0. The first-order valence-electron chi connectivity index (χ1n) is 3.55. The lowest BCUT2D eigenvalue weighted by molar-refractivity contribution is 0.490. The largest absolute Gasteiger partial charge is 0.328 e. The molecule has 0 aromatic carbocycles. The van der Waals surface area contributed by atoms with Crippen molar-refractivity contribution in [2.45, 2.75) is 33.2 Å². The maximum atomic E-state index is 5.64. The molecule has 54 valence electrons. The quantitative estimate of drug-likeness (QED) is 0.576. The van der Waals surface area contributed by atoms with E-state index in [1.807, 2.05) is 13.8 Å². The molecule has 1 nitrogen and oxygen atoms in total. The van der Waals surface area contributed by atoms with Crippen LogP contribution in [0.25, 0.3) is 0 Å². The van der Waals surface area contributed by atoms with Gasteiger partial charge in [0.25, 0.3) is 0 Å². The van der Waals surface area contributed by atoms with Crippen molar-refractivity contribution in [2.75, 3.05) is 0 Å². The smallest absolute Gasteiger partial charge is 0.00390 e. The zero-order valence-corrected chi connectivity index (χ0v) is 6.59. The van der Waals surface area contributed by atoms with Crippen LogP contribution in [0.3, 0.4) is 0 Å². The van der Waals surface area contributed by atoms with Crippen LogP contribution in [-0.4, -0.2) is 6.04 Å². The summed E-state index contributed by atoms with van der Waals surface area (Å²) in [5.74, 6) is 0.612. The molecule has 1 heteroatoms. The minimum Gasteiger partial charge on any atom is -0.328 e. The molecule has 0 amide bonds. The van der Waals surface area contributed by atoms with Gasteiger partial charge in [0.1, 0.15) is 0 Å². The average molecular weight is 127 g/mol. The van der Waals surface area contributed by atoms with E-state index in [9.17, 15) is 0 Å². The van der Waals surface area contributed by atoms with E-state index in [-0.39, 0.29) is 0 Å². The van der Waals surface area contributed by atoms with Gasteiger partial charge in [-0.3, -0.25) is 0 Å². The standard InChI is InChI=1S/C8H17N/c1-4-5-6-7(2)8(3)9/h4-5,7-8H,6,9H2,1-3H3/b5-4-/t7?,8-/m1/s1. The van der Waals surface area contributed by atoms with Gasteiger partial charge >= 0.3 is 0 Å². The van der Waals surface area contributed by atoms with Crippen molar-refractivity contribution in [3.8, 4) is 0 Å². The number of nitrogens with two attached hydrogens (primary N) is 1. The molecule has 9 heavy (non-hydrogen) atoms. The van der Waals surface area contributed by atoms with Gasteiger partial charge in [0, 0.05) is 6.04 Å². The molecule has 0 spiro atoms. The molecule has 1 unspecified atom stereocenters. The summed E-state index contributed by atoms with van der Waals surface area (Å²) in [4.78, 5) is 0. The van der Waals surface area contributed by atoms with Gasteiger partial charge in [0.15, 0.2) is 0 Å². The predicted molar refractivity (Wildman–Crippen MR) is 42.2 cm³/mol. The fraction of sp³-hybridized carbons (Fsp3) is 0.750. The maximum absolute atomic E-state index is 5.64. The molecule has 0 saturated carbocycles. The highest BCUT2D eigenvalue weighted by atomic mass is 14.6. The van der Waals surface area contributed by atoms with Crippen LogP contribution < -0.4 is 5.73 Å². The highest BCUT2D eigenvalue weighted by Crippen LogP contribution is 2.05. The topological polar surface area (TPSA) is 26.0 Å². The van der Waals surface area contributed by atoms with Crippen LogP contribution in [0.1, 0.15) is 27.2 Å². The van der Waals surface area contributed by atoms with Gasteiger partial charge in [0.2, 0.25) is 0 Å². The van der Waals surface area contributed by atoms with Gasteiger partial charge in [-0.1, -0.05) is 19.1 Å². The Hall–Kier alpha value is -0.300. The van der Waals surface area contributed by atoms with E-state index in [0.717, 1.165) is 6.42 Å². The summed E-state index contributed by atoms with van der Waals surface area (Å²) < 4.78 is 0. The third-order valence-corrected chi connectivity index (χ3v) is 1.64. The molecule has 0 fully saturated rings. The highest BCUT2D eigenvalue weighted by Gasteiger charge is 2.03. The zero-order chi connectivity index (χ0) is 7.28. The van der Waals surface area contributed by atoms with E-state index < -0.39 is 0 Å². The summed E-state index contributed by atoms with van der Waals surface area (Å²) >= 11 is 0. The number of allylic oxidation sites excluding steroid dienone is 2. The normalized spacial score (nSPS) is 18.2. The fourth-order valence-electron chi connectivity index (χ4n) is 0.565. The third kappa shape index (κ3) is 4.22. The molecule has 0 aliphatic heterocycles. The second-order valence-electron chi connectivity index (χ2n) is 2.64. The Morgan fingerprint density at radius 1 is 1.44 bits per heavy atom. The highest BCUT2D eigenvalue weighted by molar-refractivity contribution is 4.81. The van der Waals surface area contributed by atoms with Crippen LogP contribution in [-0.2, 0) is 0 Å². The predicted octanol–water partition coefficient (Wildman–Crippen LogP) is 1.94. The summed E-state index contributed by atoms with van der Waals surface area (Å²) in [5, 5.41) is 0. The van der Waals surface area contributed by atoms with Gasteiger partial charge in [0.05, 0.1) is 0 Å². The summed E-state index contributed by atoms with van der Waals surface area (Å²) in [6.45, 7) is 6.26.